The van der Waals surface area contributed by atoms with E-state index in [0.29, 0.717) is 6.54 Å². The maximum Gasteiger partial charge on any atom is 0.134 e. The third-order valence-electron chi connectivity index (χ3n) is 5.87. The number of nitrogens with zero attached hydrogens (tertiary/aromatic N) is 5. The third-order valence-corrected chi connectivity index (χ3v) is 5.87. The van der Waals surface area contributed by atoms with E-state index in [0.717, 1.165) is 56.3 Å². The van der Waals surface area contributed by atoms with E-state index in [1.807, 2.05) is 6.07 Å². The molecule has 0 aliphatic carbocycles. The summed E-state index contributed by atoms with van der Waals surface area (Å²) in [6, 6.07) is 8.70. The van der Waals surface area contributed by atoms with Crippen LogP contribution in [0.4, 0.5) is 11.6 Å². The van der Waals surface area contributed by atoms with Gasteiger partial charge in [-0.05, 0) is 56.6 Å². The van der Waals surface area contributed by atoms with Crippen molar-refractivity contribution in [3.63, 3.8) is 0 Å². The number of hydrogen-bond acceptors (Lipinski definition) is 7. The minimum Gasteiger partial charge on any atom is -0.497 e. The lowest BCUT2D eigenvalue weighted by molar-refractivity contribution is 0.191. The number of β-amino-alcohol motifs (C(OH)–C–C–N with tert-alkyl or cyclic N) is 1. The molecule has 1 fully saturated rings. The van der Waals surface area contributed by atoms with Crippen LogP contribution in [-0.2, 0) is 13.0 Å². The molecule has 2 aliphatic heterocycles. The predicted octanol–water partition coefficient (Wildman–Crippen LogP) is 1.94. The van der Waals surface area contributed by atoms with Crippen molar-refractivity contribution < 1.29 is 9.84 Å². The Morgan fingerprint density at radius 2 is 2.00 bits per heavy atom. The molecule has 0 unspecified atom stereocenters. The van der Waals surface area contributed by atoms with Crippen LogP contribution in [0, 0.1) is 0 Å². The topological polar surface area (TPSA) is 65.0 Å². The van der Waals surface area contributed by atoms with E-state index in [4.69, 9.17) is 4.74 Å². The number of aromatic nitrogens is 2. The van der Waals surface area contributed by atoms with E-state index < -0.39 is 0 Å². The van der Waals surface area contributed by atoms with Crippen molar-refractivity contribution in [3.05, 3.63) is 41.7 Å². The summed E-state index contributed by atoms with van der Waals surface area (Å²) in [4.78, 5) is 15.8. The van der Waals surface area contributed by atoms with Crippen LogP contribution in [0.3, 0.4) is 0 Å². The standard InChI is InChI=1S/C22H31N5O2/c1-25(2)13-18-10-19(28)14-27(18)22-11-21(23-15-24-22)26-8-4-5-16-9-20(29-3)7-6-17(16)12-26/h6-7,9,11,15,18-19,28H,4-5,8,10,12-14H2,1-3H3/t18-,19-/m1/s1. The highest BCUT2D eigenvalue weighted by atomic mass is 16.5. The summed E-state index contributed by atoms with van der Waals surface area (Å²) >= 11 is 0. The number of methoxy groups -OCH3 is 1. The second-order valence-electron chi connectivity index (χ2n) is 8.35. The summed E-state index contributed by atoms with van der Waals surface area (Å²) in [6.45, 7) is 3.31. The Morgan fingerprint density at radius 3 is 2.79 bits per heavy atom. The zero-order valence-electron chi connectivity index (χ0n) is 17.6. The molecule has 0 spiro atoms. The van der Waals surface area contributed by atoms with E-state index in [1.54, 1.807) is 13.4 Å². The zero-order valence-corrected chi connectivity index (χ0v) is 17.6. The van der Waals surface area contributed by atoms with Gasteiger partial charge in [0.15, 0.2) is 0 Å². The van der Waals surface area contributed by atoms with Crippen molar-refractivity contribution in [1.82, 2.24) is 14.9 Å². The molecule has 0 amide bonds. The lowest BCUT2D eigenvalue weighted by atomic mass is 10.0. The number of rotatable bonds is 5. The third kappa shape index (κ3) is 4.46. The normalized spacial score (nSPS) is 22.0. The van der Waals surface area contributed by atoms with Gasteiger partial charge in [-0.15, -0.1) is 0 Å². The fourth-order valence-electron chi connectivity index (χ4n) is 4.49. The van der Waals surface area contributed by atoms with Gasteiger partial charge in [0.1, 0.15) is 23.7 Å². The molecule has 2 aromatic rings. The van der Waals surface area contributed by atoms with Crippen molar-refractivity contribution in [2.45, 2.75) is 38.0 Å². The van der Waals surface area contributed by atoms with Gasteiger partial charge in [0.05, 0.1) is 13.2 Å². The summed E-state index contributed by atoms with van der Waals surface area (Å²) in [5.41, 5.74) is 2.68. The lowest BCUT2D eigenvalue weighted by Crippen LogP contribution is -2.38. The van der Waals surface area contributed by atoms with Crippen LogP contribution >= 0.6 is 0 Å². The maximum atomic E-state index is 10.2. The number of aliphatic hydroxyl groups excluding tert-OH is 1. The van der Waals surface area contributed by atoms with E-state index in [9.17, 15) is 5.11 Å². The number of aliphatic hydroxyl groups is 1. The van der Waals surface area contributed by atoms with Gasteiger partial charge in [-0.3, -0.25) is 0 Å². The van der Waals surface area contributed by atoms with Crippen LogP contribution in [0.1, 0.15) is 24.0 Å². The van der Waals surface area contributed by atoms with Crippen molar-refractivity contribution in [1.29, 1.82) is 0 Å². The number of benzene rings is 1. The van der Waals surface area contributed by atoms with Crippen LogP contribution in [0.25, 0.3) is 0 Å². The van der Waals surface area contributed by atoms with Crippen molar-refractivity contribution in [2.24, 2.45) is 0 Å². The Kier molecular flexibility index (Phi) is 5.87. The molecule has 0 radical (unpaired) electrons. The maximum absolute atomic E-state index is 10.2. The summed E-state index contributed by atoms with van der Waals surface area (Å²) in [6.07, 6.45) is 4.24. The molecule has 2 aliphatic rings. The molecular weight excluding hydrogens is 366 g/mol. The Bertz CT molecular complexity index is 844. The largest absolute Gasteiger partial charge is 0.497 e. The summed E-state index contributed by atoms with van der Waals surface area (Å²) in [5, 5.41) is 10.2. The molecular formula is C22H31N5O2. The molecule has 29 heavy (non-hydrogen) atoms. The number of hydrogen-bond donors (Lipinski definition) is 1. The summed E-state index contributed by atoms with van der Waals surface area (Å²) < 4.78 is 5.39. The number of aryl methyl sites for hydroxylation is 1. The Morgan fingerprint density at radius 1 is 1.17 bits per heavy atom. The summed E-state index contributed by atoms with van der Waals surface area (Å²) in [5.74, 6) is 2.77. The lowest BCUT2D eigenvalue weighted by Gasteiger charge is -2.29. The van der Waals surface area contributed by atoms with Gasteiger partial charge < -0.3 is 24.5 Å². The molecule has 0 bridgehead atoms. The second-order valence-corrected chi connectivity index (χ2v) is 8.35. The molecule has 1 aromatic carbocycles. The number of ether oxygens (including phenoxy) is 1. The number of fused-ring (bicyclic) bond motifs is 1. The molecule has 1 N–H and O–H groups in total. The zero-order chi connectivity index (χ0) is 20.4. The first-order chi connectivity index (χ1) is 14.0. The van der Waals surface area contributed by atoms with Crippen LogP contribution in [0.15, 0.2) is 30.6 Å². The first-order valence-electron chi connectivity index (χ1n) is 10.4. The molecule has 4 rings (SSSR count). The van der Waals surface area contributed by atoms with E-state index in [1.165, 1.54) is 11.1 Å². The van der Waals surface area contributed by atoms with Crippen LogP contribution in [0.5, 0.6) is 5.75 Å². The molecule has 156 valence electrons. The molecule has 2 atom stereocenters. The average molecular weight is 398 g/mol. The minimum absolute atomic E-state index is 0.264. The fourth-order valence-corrected chi connectivity index (χ4v) is 4.49. The highest BCUT2D eigenvalue weighted by Crippen LogP contribution is 2.29. The molecule has 1 saturated heterocycles. The van der Waals surface area contributed by atoms with Crippen LogP contribution < -0.4 is 14.5 Å². The molecule has 7 nitrogen and oxygen atoms in total. The molecule has 1 aromatic heterocycles. The van der Waals surface area contributed by atoms with Crippen molar-refractivity contribution in [2.75, 3.05) is 50.6 Å². The second kappa shape index (κ2) is 8.55. The fraction of sp³-hybridized carbons (Fsp3) is 0.545. The smallest absolute Gasteiger partial charge is 0.134 e. The number of likely N-dealkylation sites (N-methyl/N-ethyl adjacent to an activating group) is 1. The van der Waals surface area contributed by atoms with Crippen LogP contribution in [0.2, 0.25) is 0 Å². The number of anilines is 2. The van der Waals surface area contributed by atoms with E-state index in [-0.39, 0.29) is 12.1 Å². The van der Waals surface area contributed by atoms with Gasteiger partial charge in [-0.25, -0.2) is 9.97 Å². The average Bonchev–Trinajstić information content (AvgIpc) is 2.94. The van der Waals surface area contributed by atoms with Crippen molar-refractivity contribution in [3.8, 4) is 5.75 Å². The van der Waals surface area contributed by atoms with E-state index >= 15 is 0 Å². The van der Waals surface area contributed by atoms with Gasteiger partial charge in [0.2, 0.25) is 0 Å². The Balaban J connectivity index is 1.56. The van der Waals surface area contributed by atoms with Crippen LogP contribution in [-0.4, -0.2) is 73.0 Å². The minimum atomic E-state index is -0.307. The van der Waals surface area contributed by atoms with Gasteiger partial charge in [-0.1, -0.05) is 6.07 Å². The van der Waals surface area contributed by atoms with Gasteiger partial charge in [0, 0.05) is 38.3 Å². The van der Waals surface area contributed by atoms with Gasteiger partial charge in [-0.2, -0.15) is 0 Å². The first kappa shape index (κ1) is 19.9. The predicted molar refractivity (Wildman–Crippen MR) is 115 cm³/mol. The first-order valence-corrected chi connectivity index (χ1v) is 10.4. The molecule has 3 heterocycles. The Labute approximate surface area is 172 Å². The highest BCUT2D eigenvalue weighted by molar-refractivity contribution is 5.53. The Hall–Kier alpha value is -2.38. The quantitative estimate of drug-likeness (QED) is 0.827. The molecule has 7 heteroatoms. The van der Waals surface area contributed by atoms with Gasteiger partial charge >= 0.3 is 0 Å². The van der Waals surface area contributed by atoms with Gasteiger partial charge in [0.25, 0.3) is 0 Å². The van der Waals surface area contributed by atoms with Crippen molar-refractivity contribution >= 4 is 11.6 Å². The monoisotopic (exact) mass is 397 g/mol. The summed E-state index contributed by atoms with van der Waals surface area (Å²) in [7, 11) is 5.85. The highest BCUT2D eigenvalue weighted by Gasteiger charge is 2.32. The SMILES string of the molecule is COc1ccc2c(c1)CCCN(c1cc(N3C[C@H](O)C[C@@H]3CN(C)C)ncn1)C2. The van der Waals surface area contributed by atoms with E-state index in [2.05, 4.69) is 57.0 Å². The molecule has 0 saturated carbocycles.